The molecular formula is C39H48F2N8O. The molecular weight excluding hydrogens is 634 g/mol. The Hall–Kier alpha value is -5.16. The monoisotopic (exact) mass is 682 g/mol. The first kappa shape index (κ1) is 37.7. The van der Waals surface area contributed by atoms with Crippen molar-refractivity contribution in [2.24, 2.45) is 26.3 Å². The fourth-order valence-electron chi connectivity index (χ4n) is 6.22. The number of nitrogens with zero attached hydrogens (tertiary/aromatic N) is 6. The summed E-state index contributed by atoms with van der Waals surface area (Å²) >= 11 is 0. The van der Waals surface area contributed by atoms with E-state index in [1.54, 1.807) is 18.2 Å². The Labute approximate surface area is 294 Å². The third-order valence-electron chi connectivity index (χ3n) is 8.80. The number of anilines is 1. The zero-order valence-corrected chi connectivity index (χ0v) is 29.2. The molecule has 0 saturated carbocycles. The van der Waals surface area contributed by atoms with E-state index < -0.39 is 11.2 Å². The summed E-state index contributed by atoms with van der Waals surface area (Å²) in [6.07, 6.45) is 15.2. The Morgan fingerprint density at radius 2 is 1.80 bits per heavy atom. The first-order chi connectivity index (χ1) is 24.1. The van der Waals surface area contributed by atoms with Crippen molar-refractivity contribution < 1.29 is 13.6 Å². The molecule has 2 aromatic carbocycles. The van der Waals surface area contributed by atoms with Crippen molar-refractivity contribution in [3.63, 3.8) is 0 Å². The minimum atomic E-state index is -0.576. The highest BCUT2D eigenvalue weighted by atomic mass is 19.1. The second-order valence-corrected chi connectivity index (χ2v) is 12.6. The van der Waals surface area contributed by atoms with E-state index in [0.717, 1.165) is 74.9 Å². The zero-order valence-electron chi connectivity index (χ0n) is 29.2. The number of nitrogens with two attached hydrogens (primary N) is 1. The molecule has 2 saturated heterocycles. The van der Waals surface area contributed by atoms with Gasteiger partial charge in [-0.2, -0.15) is 5.10 Å². The Morgan fingerprint density at radius 3 is 2.50 bits per heavy atom. The van der Waals surface area contributed by atoms with Crippen molar-refractivity contribution in [1.29, 1.82) is 0 Å². The third-order valence-corrected chi connectivity index (χ3v) is 8.80. The maximum atomic E-state index is 13.7. The van der Waals surface area contributed by atoms with Gasteiger partial charge in [0.1, 0.15) is 5.82 Å². The van der Waals surface area contributed by atoms with Gasteiger partial charge in [0, 0.05) is 80.7 Å². The topological polar surface area (TPSA) is 102 Å². The van der Waals surface area contributed by atoms with Crippen LogP contribution in [0.1, 0.15) is 37.8 Å². The normalized spacial score (nSPS) is 20.1. The number of allylic oxidation sites excluding steroid dienone is 6. The molecule has 1 atom stereocenters. The minimum absolute atomic E-state index is 0.0372. The number of hydrazone groups is 1. The molecule has 2 heterocycles. The van der Waals surface area contributed by atoms with E-state index >= 15 is 0 Å². The van der Waals surface area contributed by atoms with E-state index in [2.05, 4.69) is 47.8 Å². The predicted octanol–water partition coefficient (Wildman–Crippen LogP) is 6.31. The smallest absolute Gasteiger partial charge is 0.231 e. The number of aliphatic imine (C=N–C) groups is 2. The van der Waals surface area contributed by atoms with Crippen molar-refractivity contribution in [2.45, 2.75) is 26.7 Å². The second-order valence-electron chi connectivity index (χ2n) is 12.6. The lowest BCUT2D eigenvalue weighted by atomic mass is 9.80. The summed E-state index contributed by atoms with van der Waals surface area (Å²) in [7, 11) is 1.51. The highest BCUT2D eigenvalue weighted by molar-refractivity contribution is 6.13. The summed E-state index contributed by atoms with van der Waals surface area (Å²) in [6.45, 7) is 14.1. The fraction of sp³-hybridized carbons (Fsp3) is 0.333. The predicted molar refractivity (Wildman–Crippen MR) is 202 cm³/mol. The summed E-state index contributed by atoms with van der Waals surface area (Å²) in [6, 6.07) is 13.4. The Kier molecular flexibility index (Phi) is 14.0. The highest BCUT2D eigenvalue weighted by Crippen LogP contribution is 2.32. The van der Waals surface area contributed by atoms with E-state index in [1.165, 1.54) is 25.4 Å². The number of hydrogen-bond donors (Lipinski definition) is 2. The van der Waals surface area contributed by atoms with Gasteiger partial charge in [-0.3, -0.25) is 19.7 Å². The molecule has 0 bridgehead atoms. The van der Waals surface area contributed by atoms with Crippen LogP contribution in [0.2, 0.25) is 0 Å². The number of carbonyl (C=O) groups excluding carboxylic acids is 1. The van der Waals surface area contributed by atoms with Gasteiger partial charge in [-0.05, 0) is 87.9 Å². The molecule has 0 aliphatic carbocycles. The SMILES string of the molecule is C=C(CN1CCCC(C)(C(=O)Nc2cccc(/C(=N\N)c3ccc(F)cc3)c2)C1)N1CCN(C(/C=C\C)=C/C=C/C=N/C=C(/F)C=NC)CC1. The molecule has 2 aromatic rings. The largest absolute Gasteiger partial charge is 0.371 e. The number of benzene rings is 2. The van der Waals surface area contributed by atoms with E-state index in [1.807, 2.05) is 56.3 Å². The van der Waals surface area contributed by atoms with Gasteiger partial charge in [0.15, 0.2) is 5.83 Å². The maximum Gasteiger partial charge on any atom is 0.231 e. The summed E-state index contributed by atoms with van der Waals surface area (Å²) in [5.41, 5.74) is 4.13. The van der Waals surface area contributed by atoms with E-state index in [9.17, 15) is 13.6 Å². The standard InChI is InChI=1S/C39H48F2N8O/c1-5-10-36(13-6-7-19-44-27-34(41)26-43-4)49-23-21-48(22-24-49)30(2)28-47-20-9-18-39(3,29-47)38(50)45-35-12-8-11-32(25-35)37(46-42)31-14-16-33(40)17-15-31/h5-8,10-17,19,25-27H,2,9,18,20-24,28-29,42H2,1,3-4H3,(H,45,50)/b7-6+,10-5-,34-27+,36-13+,43-26?,44-19+,46-37-. The van der Waals surface area contributed by atoms with Crippen LogP contribution in [0, 0.1) is 11.2 Å². The van der Waals surface area contributed by atoms with Crippen molar-refractivity contribution in [3.8, 4) is 0 Å². The van der Waals surface area contributed by atoms with Crippen LogP contribution in [0.15, 0.2) is 124 Å². The van der Waals surface area contributed by atoms with Gasteiger partial charge in [-0.15, -0.1) is 0 Å². The van der Waals surface area contributed by atoms with Gasteiger partial charge in [-0.25, -0.2) is 8.78 Å². The lowest BCUT2D eigenvalue weighted by Crippen LogP contribution is -2.51. The van der Waals surface area contributed by atoms with E-state index in [0.29, 0.717) is 30.1 Å². The number of piperazine rings is 1. The van der Waals surface area contributed by atoms with Crippen LogP contribution in [-0.2, 0) is 4.79 Å². The highest BCUT2D eigenvalue weighted by Gasteiger charge is 2.38. The molecule has 4 rings (SSSR count). The maximum absolute atomic E-state index is 13.7. The van der Waals surface area contributed by atoms with Gasteiger partial charge in [0.2, 0.25) is 5.91 Å². The quantitative estimate of drug-likeness (QED) is 0.112. The number of halogens is 2. The number of hydrogen-bond acceptors (Lipinski definition) is 8. The van der Waals surface area contributed by atoms with Crippen molar-refractivity contribution in [3.05, 3.63) is 126 Å². The molecule has 2 fully saturated rings. The lowest BCUT2D eigenvalue weighted by molar-refractivity contribution is -0.127. The molecule has 0 spiro atoms. The van der Waals surface area contributed by atoms with E-state index in [-0.39, 0.29) is 11.7 Å². The second kappa shape index (κ2) is 18.6. The zero-order chi connectivity index (χ0) is 35.9. The van der Waals surface area contributed by atoms with Crippen molar-refractivity contribution >= 4 is 29.7 Å². The number of nitrogens with one attached hydrogen (secondary N) is 1. The third kappa shape index (κ3) is 10.7. The van der Waals surface area contributed by atoms with Crippen LogP contribution < -0.4 is 11.2 Å². The van der Waals surface area contributed by atoms with Gasteiger partial charge in [0.05, 0.1) is 23.5 Å². The van der Waals surface area contributed by atoms with Gasteiger partial charge >= 0.3 is 0 Å². The fourth-order valence-corrected chi connectivity index (χ4v) is 6.22. The average Bonchev–Trinajstić information content (AvgIpc) is 3.11. The van der Waals surface area contributed by atoms with Crippen LogP contribution in [-0.4, -0.2) is 91.6 Å². The first-order valence-electron chi connectivity index (χ1n) is 16.8. The molecule has 264 valence electrons. The van der Waals surface area contributed by atoms with Gasteiger partial charge in [0.25, 0.3) is 0 Å². The van der Waals surface area contributed by atoms with Crippen molar-refractivity contribution in [1.82, 2.24) is 14.7 Å². The number of piperidine rings is 1. The molecule has 11 heteroatoms. The molecule has 3 N–H and O–H groups in total. The van der Waals surface area contributed by atoms with Gasteiger partial charge < -0.3 is 21.0 Å². The van der Waals surface area contributed by atoms with Crippen LogP contribution in [0.3, 0.4) is 0 Å². The van der Waals surface area contributed by atoms with E-state index in [4.69, 9.17) is 5.84 Å². The number of rotatable bonds is 13. The Bertz CT molecular complexity index is 1680. The average molecular weight is 683 g/mol. The molecule has 1 unspecified atom stereocenters. The lowest BCUT2D eigenvalue weighted by Gasteiger charge is -2.42. The minimum Gasteiger partial charge on any atom is -0.371 e. The Balaban J connectivity index is 1.30. The summed E-state index contributed by atoms with van der Waals surface area (Å²) in [5, 5.41) is 7.07. The molecule has 0 radical (unpaired) electrons. The Morgan fingerprint density at radius 1 is 1.06 bits per heavy atom. The van der Waals surface area contributed by atoms with Gasteiger partial charge in [-0.1, -0.05) is 30.9 Å². The summed E-state index contributed by atoms with van der Waals surface area (Å²) in [4.78, 5) is 28.2. The number of likely N-dealkylation sites (tertiary alicyclic amines) is 1. The molecule has 1 amide bonds. The molecule has 50 heavy (non-hydrogen) atoms. The molecule has 2 aliphatic heterocycles. The molecule has 9 nitrogen and oxygen atoms in total. The van der Waals surface area contributed by atoms with Crippen LogP contribution in [0.4, 0.5) is 14.5 Å². The number of carbonyl (C=O) groups is 1. The van der Waals surface area contributed by atoms with Crippen molar-refractivity contribution in [2.75, 3.05) is 58.2 Å². The molecule has 0 aromatic heterocycles. The summed E-state index contributed by atoms with van der Waals surface area (Å²) < 4.78 is 26.8. The summed E-state index contributed by atoms with van der Waals surface area (Å²) in [5.74, 6) is 4.84. The number of amides is 1. The van der Waals surface area contributed by atoms with Crippen LogP contribution in [0.5, 0.6) is 0 Å². The van der Waals surface area contributed by atoms with Crippen LogP contribution in [0.25, 0.3) is 0 Å². The molecule has 2 aliphatic rings. The van der Waals surface area contributed by atoms with Crippen LogP contribution >= 0.6 is 0 Å². The first-order valence-corrected chi connectivity index (χ1v) is 16.8.